The third-order valence-electron chi connectivity index (χ3n) is 3.61. The number of amides is 1. The summed E-state index contributed by atoms with van der Waals surface area (Å²) < 4.78 is 0. The second-order valence-corrected chi connectivity index (χ2v) is 5.84. The highest BCUT2D eigenvalue weighted by Gasteiger charge is 2.20. The van der Waals surface area contributed by atoms with Crippen molar-refractivity contribution in [3.05, 3.63) is 29.8 Å². The van der Waals surface area contributed by atoms with Crippen molar-refractivity contribution in [1.29, 1.82) is 0 Å². The van der Waals surface area contributed by atoms with Gasteiger partial charge in [-0.25, -0.2) is 0 Å². The van der Waals surface area contributed by atoms with E-state index in [4.69, 9.17) is 18.0 Å². The minimum Gasteiger partial charge on any atom is -0.389 e. The lowest BCUT2D eigenvalue weighted by molar-refractivity contribution is -0.122. The highest BCUT2D eigenvalue weighted by molar-refractivity contribution is 7.80. The summed E-state index contributed by atoms with van der Waals surface area (Å²) in [4.78, 5) is 14.5. The number of carbonyl (C=O) groups excluding carboxylic acids is 1. The predicted octanol–water partition coefficient (Wildman–Crippen LogP) is 2.45. The number of anilines is 1. The van der Waals surface area contributed by atoms with E-state index in [0.717, 1.165) is 24.1 Å². The van der Waals surface area contributed by atoms with E-state index >= 15 is 0 Å². The molecule has 1 rings (SSSR count). The normalized spacial score (nSPS) is 13.3. The van der Waals surface area contributed by atoms with Crippen molar-refractivity contribution < 1.29 is 4.79 Å². The second kappa shape index (κ2) is 7.98. The highest BCUT2D eigenvalue weighted by atomic mass is 32.1. The lowest BCUT2D eigenvalue weighted by Gasteiger charge is -2.27. The molecule has 116 valence electrons. The molecule has 0 aliphatic heterocycles. The first-order valence-corrected chi connectivity index (χ1v) is 7.70. The van der Waals surface area contributed by atoms with Crippen molar-refractivity contribution in [3.63, 3.8) is 0 Å². The number of rotatable bonds is 7. The third kappa shape index (κ3) is 5.01. The molecule has 0 bridgehead atoms. The van der Waals surface area contributed by atoms with Crippen molar-refractivity contribution >= 4 is 28.8 Å². The second-order valence-electron chi connectivity index (χ2n) is 5.40. The SMILES string of the molecule is CCCC(C)NC(=O)C(C)N(C)c1cccc(C(N)=S)c1. The van der Waals surface area contributed by atoms with Crippen LogP contribution >= 0.6 is 12.2 Å². The molecule has 0 saturated heterocycles. The number of nitrogens with zero attached hydrogens (tertiary/aromatic N) is 1. The Morgan fingerprint density at radius 1 is 1.43 bits per heavy atom. The van der Waals surface area contributed by atoms with Crippen LogP contribution in [0.15, 0.2) is 24.3 Å². The molecule has 0 heterocycles. The van der Waals surface area contributed by atoms with Crippen LogP contribution in [0.2, 0.25) is 0 Å². The molecule has 3 N–H and O–H groups in total. The van der Waals surface area contributed by atoms with E-state index in [1.165, 1.54) is 0 Å². The number of benzene rings is 1. The van der Waals surface area contributed by atoms with Crippen molar-refractivity contribution in [3.8, 4) is 0 Å². The Kier molecular flexibility index (Phi) is 6.62. The standard InChI is InChI=1S/C16H25N3OS/c1-5-7-11(2)18-16(20)12(3)19(4)14-9-6-8-13(10-14)15(17)21/h6,8-12H,5,7H2,1-4H3,(H2,17,21)(H,18,20). The molecule has 1 aromatic carbocycles. The Morgan fingerprint density at radius 2 is 2.10 bits per heavy atom. The van der Waals surface area contributed by atoms with Gasteiger partial charge < -0.3 is 16.0 Å². The first-order valence-electron chi connectivity index (χ1n) is 7.29. The van der Waals surface area contributed by atoms with Crippen molar-refractivity contribution in [2.75, 3.05) is 11.9 Å². The van der Waals surface area contributed by atoms with Crippen LogP contribution < -0.4 is 16.0 Å². The summed E-state index contributed by atoms with van der Waals surface area (Å²) in [6.07, 6.45) is 2.04. The summed E-state index contributed by atoms with van der Waals surface area (Å²) in [7, 11) is 1.90. The minimum absolute atomic E-state index is 0.0270. The smallest absolute Gasteiger partial charge is 0.242 e. The molecule has 1 amide bonds. The Balaban J connectivity index is 2.77. The van der Waals surface area contributed by atoms with E-state index in [-0.39, 0.29) is 18.0 Å². The van der Waals surface area contributed by atoms with Crippen LogP contribution in [-0.4, -0.2) is 30.0 Å². The molecule has 21 heavy (non-hydrogen) atoms. The fourth-order valence-electron chi connectivity index (χ4n) is 2.15. The van der Waals surface area contributed by atoms with Gasteiger partial charge >= 0.3 is 0 Å². The van der Waals surface area contributed by atoms with Gasteiger partial charge in [0.2, 0.25) is 5.91 Å². The van der Waals surface area contributed by atoms with Crippen LogP contribution in [0.4, 0.5) is 5.69 Å². The van der Waals surface area contributed by atoms with Gasteiger partial charge in [0, 0.05) is 24.3 Å². The number of carbonyl (C=O) groups is 1. The maximum absolute atomic E-state index is 12.3. The summed E-state index contributed by atoms with van der Waals surface area (Å²) in [6.45, 7) is 6.03. The molecule has 0 aliphatic rings. The van der Waals surface area contributed by atoms with Gasteiger partial charge in [0.05, 0.1) is 0 Å². The summed E-state index contributed by atoms with van der Waals surface area (Å²) in [5.74, 6) is 0.0270. The highest BCUT2D eigenvalue weighted by Crippen LogP contribution is 2.17. The van der Waals surface area contributed by atoms with Crippen molar-refractivity contribution in [2.24, 2.45) is 5.73 Å². The van der Waals surface area contributed by atoms with E-state index in [0.29, 0.717) is 4.99 Å². The zero-order chi connectivity index (χ0) is 16.0. The molecule has 0 spiro atoms. The lowest BCUT2D eigenvalue weighted by atomic mass is 10.1. The van der Waals surface area contributed by atoms with E-state index in [1.807, 2.05) is 50.1 Å². The van der Waals surface area contributed by atoms with E-state index in [2.05, 4.69) is 12.2 Å². The molecule has 0 aromatic heterocycles. The largest absolute Gasteiger partial charge is 0.389 e. The first kappa shape index (κ1) is 17.4. The molecule has 2 atom stereocenters. The van der Waals surface area contributed by atoms with Gasteiger partial charge in [-0.1, -0.05) is 37.7 Å². The van der Waals surface area contributed by atoms with Gasteiger partial charge in [0.1, 0.15) is 11.0 Å². The zero-order valence-electron chi connectivity index (χ0n) is 13.2. The summed E-state index contributed by atoms with van der Waals surface area (Å²) in [5, 5.41) is 3.04. The fourth-order valence-corrected chi connectivity index (χ4v) is 2.27. The molecular weight excluding hydrogens is 282 g/mol. The summed E-state index contributed by atoms with van der Waals surface area (Å²) >= 11 is 4.99. The number of thiocarbonyl (C=S) groups is 1. The molecular formula is C16H25N3OS. The van der Waals surface area contributed by atoms with Crippen LogP contribution in [0.3, 0.4) is 0 Å². The van der Waals surface area contributed by atoms with Gasteiger partial charge in [-0.2, -0.15) is 0 Å². The molecule has 0 fully saturated rings. The van der Waals surface area contributed by atoms with Gasteiger partial charge in [-0.05, 0) is 32.4 Å². The molecule has 0 radical (unpaired) electrons. The first-order chi connectivity index (χ1) is 9.86. The maximum Gasteiger partial charge on any atom is 0.242 e. The van der Waals surface area contributed by atoms with E-state index < -0.39 is 0 Å². The monoisotopic (exact) mass is 307 g/mol. The van der Waals surface area contributed by atoms with Gasteiger partial charge in [-0.3, -0.25) is 4.79 Å². The number of nitrogens with one attached hydrogen (secondary N) is 1. The van der Waals surface area contributed by atoms with Crippen molar-refractivity contribution in [2.45, 2.75) is 45.7 Å². The van der Waals surface area contributed by atoms with Crippen molar-refractivity contribution in [1.82, 2.24) is 5.32 Å². The molecule has 0 aliphatic carbocycles. The quantitative estimate of drug-likeness (QED) is 0.760. The topological polar surface area (TPSA) is 58.4 Å². The van der Waals surface area contributed by atoms with E-state index in [9.17, 15) is 4.79 Å². The van der Waals surface area contributed by atoms with Crippen LogP contribution in [0.25, 0.3) is 0 Å². The number of nitrogens with two attached hydrogens (primary N) is 1. The minimum atomic E-state index is -0.258. The van der Waals surface area contributed by atoms with E-state index in [1.54, 1.807) is 0 Å². The van der Waals surface area contributed by atoms with Crippen LogP contribution in [-0.2, 0) is 4.79 Å². The van der Waals surface area contributed by atoms with Crippen LogP contribution in [0.5, 0.6) is 0 Å². The summed E-state index contributed by atoms with van der Waals surface area (Å²) in [5.41, 5.74) is 7.38. The van der Waals surface area contributed by atoms with Crippen LogP contribution in [0, 0.1) is 0 Å². The predicted molar refractivity (Wildman–Crippen MR) is 92.7 cm³/mol. The zero-order valence-corrected chi connectivity index (χ0v) is 14.0. The van der Waals surface area contributed by atoms with Crippen LogP contribution in [0.1, 0.15) is 39.2 Å². The number of likely N-dealkylation sites (N-methyl/N-ethyl adjacent to an activating group) is 1. The fraction of sp³-hybridized carbons (Fsp3) is 0.500. The third-order valence-corrected chi connectivity index (χ3v) is 3.84. The molecule has 4 nitrogen and oxygen atoms in total. The Morgan fingerprint density at radius 3 is 2.67 bits per heavy atom. The number of hydrogen-bond acceptors (Lipinski definition) is 3. The average molecular weight is 307 g/mol. The summed E-state index contributed by atoms with van der Waals surface area (Å²) in [6, 6.07) is 7.55. The van der Waals surface area contributed by atoms with Gasteiger partial charge in [-0.15, -0.1) is 0 Å². The Bertz CT molecular complexity index is 504. The Hall–Kier alpha value is -1.62. The average Bonchev–Trinajstić information content (AvgIpc) is 2.45. The molecule has 2 unspecified atom stereocenters. The lowest BCUT2D eigenvalue weighted by Crippen LogP contribution is -2.46. The number of hydrogen-bond donors (Lipinski definition) is 2. The van der Waals surface area contributed by atoms with Gasteiger partial charge in [0.15, 0.2) is 0 Å². The molecule has 1 aromatic rings. The molecule has 5 heteroatoms. The van der Waals surface area contributed by atoms with Gasteiger partial charge in [0.25, 0.3) is 0 Å². The maximum atomic E-state index is 12.3. The molecule has 0 saturated carbocycles. The Labute approximate surface area is 132 Å².